The topological polar surface area (TPSA) is 44.7 Å². The van der Waals surface area contributed by atoms with Crippen LogP contribution < -0.4 is 10.2 Å². The number of rotatable bonds is 1. The maximum absolute atomic E-state index is 9.89. The van der Waals surface area contributed by atoms with Crippen molar-refractivity contribution in [3.05, 3.63) is 36.4 Å². The predicted octanol–water partition coefficient (Wildman–Crippen LogP) is 3.77. The first-order valence-corrected chi connectivity index (χ1v) is 10.3. The minimum absolute atomic E-state index is 0.332. The van der Waals surface area contributed by atoms with Gasteiger partial charge >= 0.3 is 0 Å². The summed E-state index contributed by atoms with van der Waals surface area (Å²) in [6, 6.07) is 12.3. The van der Waals surface area contributed by atoms with Crippen molar-refractivity contribution in [1.82, 2.24) is 0 Å². The van der Waals surface area contributed by atoms with Crippen molar-refractivity contribution in [3.63, 3.8) is 0 Å². The molecule has 0 spiro atoms. The Morgan fingerprint density at radius 2 is 1.65 bits per heavy atom. The van der Waals surface area contributed by atoms with Crippen LogP contribution in [0, 0.1) is 0 Å². The van der Waals surface area contributed by atoms with Crippen LogP contribution >= 0.6 is 10.0 Å². The lowest BCUT2D eigenvalue weighted by Crippen LogP contribution is -2.36. The molecule has 122 valence electrons. The van der Waals surface area contributed by atoms with E-state index in [1.165, 1.54) is 21.2 Å². The SMILES string of the molecule is CS1(C)c2cc(O)ccc2Nc2ccc(N3CCOCC3)cc21. The van der Waals surface area contributed by atoms with E-state index in [-0.39, 0.29) is 0 Å². The van der Waals surface area contributed by atoms with E-state index >= 15 is 0 Å². The summed E-state index contributed by atoms with van der Waals surface area (Å²) in [5, 5.41) is 13.4. The van der Waals surface area contributed by atoms with Gasteiger partial charge in [0.25, 0.3) is 0 Å². The fourth-order valence-electron chi connectivity index (χ4n) is 3.35. The molecule has 0 aliphatic carbocycles. The Labute approximate surface area is 138 Å². The summed E-state index contributed by atoms with van der Waals surface area (Å²) in [5.74, 6) is 0.332. The van der Waals surface area contributed by atoms with Crippen LogP contribution in [0.25, 0.3) is 0 Å². The lowest BCUT2D eigenvalue weighted by atomic mass is 10.2. The monoisotopic (exact) mass is 330 g/mol. The highest BCUT2D eigenvalue weighted by Gasteiger charge is 2.29. The van der Waals surface area contributed by atoms with Crippen LogP contribution in [0.1, 0.15) is 0 Å². The van der Waals surface area contributed by atoms with Gasteiger partial charge in [0, 0.05) is 28.6 Å². The summed E-state index contributed by atoms with van der Waals surface area (Å²) in [7, 11) is -1.17. The molecule has 5 heteroatoms. The summed E-state index contributed by atoms with van der Waals surface area (Å²) < 4.78 is 5.46. The number of fused-ring (bicyclic) bond motifs is 2. The summed E-state index contributed by atoms with van der Waals surface area (Å²) >= 11 is 0. The van der Waals surface area contributed by atoms with Crippen molar-refractivity contribution in [2.24, 2.45) is 0 Å². The number of morpholine rings is 1. The summed E-state index contributed by atoms with van der Waals surface area (Å²) in [6.45, 7) is 3.48. The van der Waals surface area contributed by atoms with Gasteiger partial charge in [0.1, 0.15) is 5.75 Å². The largest absolute Gasteiger partial charge is 0.508 e. The Morgan fingerprint density at radius 1 is 1.00 bits per heavy atom. The normalized spacial score (nSPS) is 20.2. The molecule has 1 fully saturated rings. The highest BCUT2D eigenvalue weighted by atomic mass is 32.3. The van der Waals surface area contributed by atoms with Crippen molar-refractivity contribution >= 4 is 27.1 Å². The van der Waals surface area contributed by atoms with Crippen molar-refractivity contribution in [3.8, 4) is 5.75 Å². The molecule has 2 aliphatic rings. The van der Waals surface area contributed by atoms with Gasteiger partial charge in [0.15, 0.2) is 0 Å². The number of aromatic hydroxyl groups is 1. The molecular weight excluding hydrogens is 308 g/mol. The average Bonchev–Trinajstić information content (AvgIpc) is 2.56. The quantitative estimate of drug-likeness (QED) is 0.781. The predicted molar refractivity (Wildman–Crippen MR) is 96.8 cm³/mol. The third-order valence-electron chi connectivity index (χ3n) is 4.68. The first-order chi connectivity index (χ1) is 11.1. The minimum atomic E-state index is -1.17. The second-order valence-corrected chi connectivity index (χ2v) is 9.95. The van der Waals surface area contributed by atoms with Crippen molar-refractivity contribution in [2.75, 3.05) is 49.0 Å². The van der Waals surface area contributed by atoms with Gasteiger partial charge < -0.3 is 20.1 Å². The van der Waals surface area contributed by atoms with Gasteiger partial charge in [-0.15, -0.1) is 0 Å². The molecule has 0 amide bonds. The highest BCUT2D eigenvalue weighted by molar-refractivity contribution is 8.33. The number of nitrogens with one attached hydrogen (secondary N) is 1. The van der Waals surface area contributed by atoms with Crippen LogP contribution in [0.15, 0.2) is 46.2 Å². The van der Waals surface area contributed by atoms with Crippen molar-refractivity contribution in [2.45, 2.75) is 9.79 Å². The van der Waals surface area contributed by atoms with Gasteiger partial charge in [-0.3, -0.25) is 0 Å². The molecule has 1 saturated heterocycles. The molecule has 2 aromatic carbocycles. The van der Waals surface area contributed by atoms with Crippen LogP contribution in [0.2, 0.25) is 0 Å². The fraction of sp³-hybridized carbons (Fsp3) is 0.333. The number of nitrogens with zero attached hydrogens (tertiary/aromatic N) is 1. The van der Waals surface area contributed by atoms with Crippen molar-refractivity contribution in [1.29, 1.82) is 0 Å². The molecule has 4 rings (SSSR count). The first-order valence-electron chi connectivity index (χ1n) is 7.86. The first kappa shape index (κ1) is 14.7. The maximum Gasteiger partial charge on any atom is 0.116 e. The third kappa shape index (κ3) is 2.44. The molecule has 0 unspecified atom stereocenters. The fourth-order valence-corrected chi connectivity index (χ4v) is 5.76. The van der Waals surface area contributed by atoms with Gasteiger partial charge in [-0.1, -0.05) is 0 Å². The Hall–Kier alpha value is -1.85. The highest BCUT2D eigenvalue weighted by Crippen LogP contribution is 2.65. The molecule has 0 bridgehead atoms. The second-order valence-electron chi connectivity index (χ2n) is 6.41. The van der Waals surface area contributed by atoms with Crippen LogP contribution in [0.5, 0.6) is 5.75 Å². The lowest BCUT2D eigenvalue weighted by molar-refractivity contribution is 0.122. The van der Waals surface area contributed by atoms with Gasteiger partial charge in [0.2, 0.25) is 0 Å². The number of phenols is 1. The average molecular weight is 330 g/mol. The Bertz CT molecular complexity index is 755. The van der Waals surface area contributed by atoms with Gasteiger partial charge in [-0.05, 0) is 48.9 Å². The van der Waals surface area contributed by atoms with E-state index in [1.54, 1.807) is 6.07 Å². The molecule has 0 atom stereocenters. The molecule has 4 nitrogen and oxygen atoms in total. The number of benzene rings is 2. The zero-order valence-corrected chi connectivity index (χ0v) is 14.3. The Balaban J connectivity index is 1.78. The van der Waals surface area contributed by atoms with Crippen LogP contribution in [0.3, 0.4) is 0 Å². The molecule has 2 aromatic rings. The molecule has 2 N–H and O–H groups in total. The van der Waals surface area contributed by atoms with E-state index in [0.717, 1.165) is 32.0 Å². The Kier molecular flexibility index (Phi) is 3.43. The van der Waals surface area contributed by atoms with E-state index in [0.29, 0.717) is 5.75 Å². The van der Waals surface area contributed by atoms with Crippen LogP contribution in [-0.2, 0) is 4.74 Å². The lowest BCUT2D eigenvalue weighted by Gasteiger charge is -2.41. The molecule has 0 radical (unpaired) electrons. The zero-order valence-electron chi connectivity index (χ0n) is 13.5. The molecule has 23 heavy (non-hydrogen) atoms. The van der Waals surface area contributed by atoms with Crippen LogP contribution in [0.4, 0.5) is 17.1 Å². The third-order valence-corrected chi connectivity index (χ3v) is 7.55. The van der Waals surface area contributed by atoms with E-state index < -0.39 is 10.0 Å². The van der Waals surface area contributed by atoms with Crippen LogP contribution in [-0.4, -0.2) is 43.9 Å². The minimum Gasteiger partial charge on any atom is -0.508 e. The maximum atomic E-state index is 9.89. The zero-order chi connectivity index (χ0) is 16.0. The summed E-state index contributed by atoms with van der Waals surface area (Å²) in [6.07, 6.45) is 4.60. The summed E-state index contributed by atoms with van der Waals surface area (Å²) in [4.78, 5) is 4.95. The van der Waals surface area contributed by atoms with Gasteiger partial charge in [-0.2, -0.15) is 10.0 Å². The van der Waals surface area contributed by atoms with Gasteiger partial charge in [-0.25, -0.2) is 0 Å². The number of hydrogen-bond donors (Lipinski definition) is 2. The number of ether oxygens (including phenoxy) is 1. The summed E-state index contributed by atoms with van der Waals surface area (Å²) in [5.41, 5.74) is 3.55. The molecular formula is C18H22N2O2S. The number of anilines is 3. The van der Waals surface area contributed by atoms with E-state index in [2.05, 4.69) is 40.9 Å². The standard InChI is InChI=1S/C18H22N2O2S/c1-23(2)17-11-13(20-7-9-22-10-8-20)3-5-15(17)19-16-6-4-14(21)12-18(16)23/h3-6,11-12,19,21H,7-10H2,1-2H3. The number of hydrogen-bond acceptors (Lipinski definition) is 4. The smallest absolute Gasteiger partial charge is 0.116 e. The Morgan fingerprint density at radius 3 is 2.39 bits per heavy atom. The van der Waals surface area contributed by atoms with E-state index in [4.69, 9.17) is 4.74 Å². The van der Waals surface area contributed by atoms with Gasteiger partial charge in [0.05, 0.1) is 24.6 Å². The molecule has 2 heterocycles. The molecule has 0 saturated carbocycles. The molecule has 2 aliphatic heterocycles. The van der Waals surface area contributed by atoms with E-state index in [1.807, 2.05) is 12.1 Å². The van der Waals surface area contributed by atoms with Crippen molar-refractivity contribution < 1.29 is 9.84 Å². The number of phenolic OH excluding ortho intramolecular Hbond substituents is 1. The second kappa shape index (κ2) is 5.35. The van der Waals surface area contributed by atoms with E-state index in [9.17, 15) is 5.11 Å². The molecule has 0 aromatic heterocycles.